The minimum atomic E-state index is -0.0602. The Morgan fingerprint density at radius 2 is 1.39 bits per heavy atom. The molecular weight excluding hydrogens is 228 g/mol. The topological polar surface area (TPSA) is 60.7 Å². The first-order valence-electron chi connectivity index (χ1n) is 5.65. The van der Waals surface area contributed by atoms with Crippen LogP contribution in [-0.2, 0) is 0 Å². The van der Waals surface area contributed by atoms with Crippen molar-refractivity contribution in [3.63, 3.8) is 0 Å². The molecule has 0 saturated carbocycles. The van der Waals surface area contributed by atoms with Gasteiger partial charge in [0.15, 0.2) is 11.5 Å². The predicted molar refractivity (Wildman–Crippen MR) is 72.1 cm³/mol. The molecule has 0 heterocycles. The van der Waals surface area contributed by atoms with E-state index in [9.17, 15) is 0 Å². The molecule has 0 aliphatic heterocycles. The Hall–Kier alpha value is -2.16. The summed E-state index contributed by atoms with van der Waals surface area (Å²) in [7, 11) is 0. The van der Waals surface area contributed by atoms with E-state index in [1.54, 1.807) is 25.1 Å². The first kappa shape index (κ1) is 13.9. The number of rotatable bonds is 0. The third-order valence-corrected chi connectivity index (χ3v) is 2.57. The highest BCUT2D eigenvalue weighted by Gasteiger charge is 1.98. The number of hydrogen-bond donors (Lipinski definition) is 3. The molecule has 0 unspecified atom stereocenters. The van der Waals surface area contributed by atoms with E-state index in [1.807, 2.05) is 26.0 Å². The lowest BCUT2D eigenvalue weighted by Gasteiger charge is -1.97. The molecule has 0 amide bonds. The number of benzene rings is 2. The van der Waals surface area contributed by atoms with Crippen LogP contribution in [0.3, 0.4) is 0 Å². The second kappa shape index (κ2) is 5.96. The maximum atomic E-state index is 9.04. The smallest absolute Gasteiger partial charge is 0.160 e. The van der Waals surface area contributed by atoms with Crippen molar-refractivity contribution in [1.29, 1.82) is 0 Å². The molecular formula is C15H18O3. The van der Waals surface area contributed by atoms with Gasteiger partial charge >= 0.3 is 0 Å². The van der Waals surface area contributed by atoms with E-state index in [4.69, 9.17) is 15.3 Å². The largest absolute Gasteiger partial charge is 0.508 e. The Kier molecular flexibility index (Phi) is 4.60. The van der Waals surface area contributed by atoms with Crippen molar-refractivity contribution in [1.82, 2.24) is 0 Å². The van der Waals surface area contributed by atoms with Crippen LogP contribution in [0.25, 0.3) is 0 Å². The van der Waals surface area contributed by atoms with Crippen molar-refractivity contribution in [2.75, 3.05) is 0 Å². The maximum Gasteiger partial charge on any atom is 0.160 e. The lowest BCUT2D eigenvalue weighted by molar-refractivity contribution is 0.401. The Bertz CT molecular complexity index is 513. The van der Waals surface area contributed by atoms with Crippen LogP contribution in [0.15, 0.2) is 36.4 Å². The van der Waals surface area contributed by atoms with Crippen molar-refractivity contribution < 1.29 is 15.3 Å². The van der Waals surface area contributed by atoms with Crippen LogP contribution in [0.1, 0.15) is 16.7 Å². The van der Waals surface area contributed by atoms with E-state index in [0.29, 0.717) is 11.3 Å². The number of phenolic OH excluding ortho intramolecular Hbond substituents is 3. The minimum absolute atomic E-state index is 0.0301. The summed E-state index contributed by atoms with van der Waals surface area (Å²) >= 11 is 0. The van der Waals surface area contributed by atoms with Gasteiger partial charge in [-0.2, -0.15) is 0 Å². The quantitative estimate of drug-likeness (QED) is 0.624. The lowest BCUT2D eigenvalue weighted by atomic mass is 10.1. The molecule has 0 bridgehead atoms. The molecule has 0 aliphatic rings. The normalized spacial score (nSPS) is 9.50. The van der Waals surface area contributed by atoms with E-state index in [0.717, 1.165) is 5.56 Å². The van der Waals surface area contributed by atoms with E-state index >= 15 is 0 Å². The van der Waals surface area contributed by atoms with Gasteiger partial charge in [-0.3, -0.25) is 0 Å². The van der Waals surface area contributed by atoms with Crippen LogP contribution in [0.2, 0.25) is 0 Å². The minimum Gasteiger partial charge on any atom is -0.508 e. The number of phenols is 3. The van der Waals surface area contributed by atoms with Gasteiger partial charge in [-0.1, -0.05) is 29.8 Å². The van der Waals surface area contributed by atoms with Crippen LogP contribution in [0.4, 0.5) is 0 Å². The van der Waals surface area contributed by atoms with E-state index in [-0.39, 0.29) is 11.5 Å². The fourth-order valence-corrected chi connectivity index (χ4v) is 1.45. The maximum absolute atomic E-state index is 9.04. The summed E-state index contributed by atoms with van der Waals surface area (Å²) in [5.41, 5.74) is 2.82. The van der Waals surface area contributed by atoms with Crippen LogP contribution in [-0.4, -0.2) is 15.3 Å². The average molecular weight is 246 g/mol. The summed E-state index contributed by atoms with van der Waals surface area (Å²) in [6, 6.07) is 10.4. The molecule has 0 atom stereocenters. The second-order valence-electron chi connectivity index (χ2n) is 4.23. The second-order valence-corrected chi connectivity index (χ2v) is 4.23. The summed E-state index contributed by atoms with van der Waals surface area (Å²) in [4.78, 5) is 0. The molecule has 3 N–H and O–H groups in total. The Morgan fingerprint density at radius 3 is 1.83 bits per heavy atom. The number of para-hydroxylation sites is 1. The summed E-state index contributed by atoms with van der Waals surface area (Å²) in [6.45, 7) is 5.63. The highest BCUT2D eigenvalue weighted by molar-refractivity contribution is 5.43. The SMILES string of the molecule is Cc1ccc(O)c(C)c1.Cc1cccc(O)c1O. The van der Waals surface area contributed by atoms with Crippen molar-refractivity contribution >= 4 is 0 Å². The zero-order valence-corrected chi connectivity index (χ0v) is 10.8. The van der Waals surface area contributed by atoms with Gasteiger partial charge in [0.25, 0.3) is 0 Å². The molecule has 0 fully saturated rings. The molecule has 2 aromatic rings. The van der Waals surface area contributed by atoms with E-state index < -0.39 is 0 Å². The van der Waals surface area contributed by atoms with Crippen molar-refractivity contribution in [2.24, 2.45) is 0 Å². The molecule has 2 rings (SSSR count). The summed E-state index contributed by atoms with van der Waals surface area (Å²) in [5.74, 6) is 0.285. The zero-order valence-electron chi connectivity index (χ0n) is 10.8. The fourth-order valence-electron chi connectivity index (χ4n) is 1.45. The van der Waals surface area contributed by atoms with Crippen molar-refractivity contribution in [3.05, 3.63) is 53.1 Å². The van der Waals surface area contributed by atoms with E-state index in [1.165, 1.54) is 11.6 Å². The molecule has 96 valence electrons. The van der Waals surface area contributed by atoms with Crippen molar-refractivity contribution in [3.8, 4) is 17.2 Å². The summed E-state index contributed by atoms with van der Waals surface area (Å²) < 4.78 is 0. The van der Waals surface area contributed by atoms with Gasteiger partial charge in [-0.05, 0) is 44.0 Å². The number of aryl methyl sites for hydroxylation is 3. The van der Waals surface area contributed by atoms with Crippen LogP contribution < -0.4 is 0 Å². The monoisotopic (exact) mass is 246 g/mol. The first-order chi connectivity index (χ1) is 8.41. The molecule has 18 heavy (non-hydrogen) atoms. The predicted octanol–water partition coefficient (Wildman–Crippen LogP) is 3.42. The molecule has 3 nitrogen and oxygen atoms in total. The van der Waals surface area contributed by atoms with Gasteiger partial charge in [0, 0.05) is 0 Å². The third kappa shape index (κ3) is 3.70. The Balaban J connectivity index is 0.000000180. The standard InChI is InChI=1S/C8H10O.C7H8O2/c1-6-3-4-8(9)7(2)5-6;1-5-3-2-4-6(8)7(5)9/h3-5,9H,1-2H3;2-4,8-9H,1H3. The molecule has 3 heteroatoms. The third-order valence-electron chi connectivity index (χ3n) is 2.57. The van der Waals surface area contributed by atoms with E-state index in [2.05, 4.69) is 0 Å². The van der Waals surface area contributed by atoms with Crippen LogP contribution >= 0.6 is 0 Å². The number of aromatic hydroxyl groups is 3. The Labute approximate surface area is 107 Å². The summed E-state index contributed by atoms with van der Waals surface area (Å²) in [5, 5.41) is 26.9. The van der Waals surface area contributed by atoms with Gasteiger partial charge in [0.05, 0.1) is 0 Å². The first-order valence-corrected chi connectivity index (χ1v) is 5.65. The highest BCUT2D eigenvalue weighted by atomic mass is 16.3. The molecule has 0 radical (unpaired) electrons. The zero-order chi connectivity index (χ0) is 13.7. The lowest BCUT2D eigenvalue weighted by Crippen LogP contribution is -1.75. The molecule has 2 aromatic carbocycles. The van der Waals surface area contributed by atoms with Gasteiger partial charge in [0.1, 0.15) is 5.75 Å². The van der Waals surface area contributed by atoms with Crippen LogP contribution in [0.5, 0.6) is 17.2 Å². The Morgan fingerprint density at radius 1 is 0.722 bits per heavy atom. The summed E-state index contributed by atoms with van der Waals surface area (Å²) in [6.07, 6.45) is 0. The van der Waals surface area contributed by atoms with Gasteiger partial charge in [-0.15, -0.1) is 0 Å². The van der Waals surface area contributed by atoms with Gasteiger partial charge in [0.2, 0.25) is 0 Å². The molecule has 0 saturated heterocycles. The van der Waals surface area contributed by atoms with Gasteiger partial charge in [-0.25, -0.2) is 0 Å². The molecule has 0 aromatic heterocycles. The van der Waals surface area contributed by atoms with Gasteiger partial charge < -0.3 is 15.3 Å². The average Bonchev–Trinajstić information content (AvgIpc) is 2.32. The van der Waals surface area contributed by atoms with Crippen LogP contribution in [0, 0.1) is 20.8 Å². The molecule has 0 aliphatic carbocycles. The number of hydrogen-bond acceptors (Lipinski definition) is 3. The highest BCUT2D eigenvalue weighted by Crippen LogP contribution is 2.26. The fraction of sp³-hybridized carbons (Fsp3) is 0.200. The molecule has 0 spiro atoms. The van der Waals surface area contributed by atoms with Crippen molar-refractivity contribution in [2.45, 2.75) is 20.8 Å².